The summed E-state index contributed by atoms with van der Waals surface area (Å²) < 4.78 is 11.7. The maximum absolute atomic E-state index is 13.4. The van der Waals surface area contributed by atoms with Crippen molar-refractivity contribution in [3.63, 3.8) is 0 Å². The van der Waals surface area contributed by atoms with Crippen LogP contribution in [0.15, 0.2) is 48.5 Å². The summed E-state index contributed by atoms with van der Waals surface area (Å²) >= 11 is 0. The van der Waals surface area contributed by atoms with E-state index in [2.05, 4.69) is 10.2 Å². The summed E-state index contributed by atoms with van der Waals surface area (Å²) in [5, 5.41) is 3.19. The lowest BCUT2D eigenvalue weighted by Crippen LogP contribution is -2.48. The van der Waals surface area contributed by atoms with Crippen molar-refractivity contribution in [1.82, 2.24) is 4.90 Å². The van der Waals surface area contributed by atoms with E-state index in [0.29, 0.717) is 13.2 Å². The first-order chi connectivity index (χ1) is 13.6. The fourth-order valence-corrected chi connectivity index (χ4v) is 4.28. The molecule has 0 saturated carbocycles. The molecule has 2 heterocycles. The van der Waals surface area contributed by atoms with Gasteiger partial charge in [-0.25, -0.2) is 0 Å². The van der Waals surface area contributed by atoms with Crippen LogP contribution in [0.1, 0.15) is 35.6 Å². The van der Waals surface area contributed by atoms with Gasteiger partial charge < -0.3 is 14.8 Å². The maximum Gasteiger partial charge on any atom is 0.246 e. The normalized spacial score (nSPS) is 20.2. The molecule has 2 aliphatic heterocycles. The third-order valence-corrected chi connectivity index (χ3v) is 5.83. The van der Waals surface area contributed by atoms with Crippen LogP contribution in [0.3, 0.4) is 0 Å². The number of rotatable bonds is 4. The largest absolute Gasteiger partial charge is 0.347 e. The molecule has 148 valence electrons. The number of nitrogens with one attached hydrogen (secondary N) is 1. The number of aryl methyl sites for hydroxylation is 2. The molecule has 0 radical (unpaired) electrons. The smallest absolute Gasteiger partial charge is 0.246 e. The van der Waals surface area contributed by atoms with Crippen LogP contribution in [0.5, 0.6) is 0 Å². The highest BCUT2D eigenvalue weighted by Gasteiger charge is 2.42. The number of piperidine rings is 1. The van der Waals surface area contributed by atoms with E-state index >= 15 is 0 Å². The third kappa shape index (κ3) is 3.83. The Bertz CT molecular complexity index is 801. The minimum absolute atomic E-state index is 0.00723. The van der Waals surface area contributed by atoms with Crippen LogP contribution in [0.25, 0.3) is 0 Å². The van der Waals surface area contributed by atoms with Gasteiger partial charge in [-0.1, -0.05) is 48.5 Å². The van der Waals surface area contributed by atoms with E-state index < -0.39 is 5.79 Å². The van der Waals surface area contributed by atoms with Crippen LogP contribution in [0, 0.1) is 13.8 Å². The van der Waals surface area contributed by atoms with Gasteiger partial charge in [-0.15, -0.1) is 0 Å². The lowest BCUT2D eigenvalue weighted by molar-refractivity contribution is -0.188. The monoisotopic (exact) mass is 380 g/mol. The molecule has 1 N–H and O–H groups in total. The number of para-hydroxylation sites is 1. The highest BCUT2D eigenvalue weighted by atomic mass is 16.7. The number of anilines is 1. The van der Waals surface area contributed by atoms with Crippen LogP contribution in [-0.2, 0) is 14.3 Å². The van der Waals surface area contributed by atoms with E-state index in [9.17, 15) is 4.79 Å². The van der Waals surface area contributed by atoms with E-state index in [-0.39, 0.29) is 11.9 Å². The Labute approximate surface area is 166 Å². The predicted octanol–water partition coefficient (Wildman–Crippen LogP) is 3.82. The van der Waals surface area contributed by atoms with E-state index in [4.69, 9.17) is 9.47 Å². The molecule has 0 bridgehead atoms. The van der Waals surface area contributed by atoms with Crippen LogP contribution >= 0.6 is 0 Å². The van der Waals surface area contributed by atoms with Crippen molar-refractivity contribution in [3.05, 3.63) is 65.2 Å². The second-order valence-corrected chi connectivity index (χ2v) is 7.71. The van der Waals surface area contributed by atoms with E-state index in [1.165, 1.54) is 0 Å². The summed E-state index contributed by atoms with van der Waals surface area (Å²) in [7, 11) is 0. The van der Waals surface area contributed by atoms with Gasteiger partial charge in [0, 0.05) is 31.6 Å². The molecule has 1 atom stereocenters. The average Bonchev–Trinajstić information content (AvgIpc) is 3.16. The zero-order chi connectivity index (χ0) is 19.6. The van der Waals surface area contributed by atoms with Gasteiger partial charge in [0.05, 0.1) is 13.2 Å². The molecule has 4 rings (SSSR count). The molecule has 0 aromatic heterocycles. The molecule has 2 saturated heterocycles. The topological polar surface area (TPSA) is 50.8 Å². The molecule has 1 amide bonds. The van der Waals surface area contributed by atoms with Gasteiger partial charge in [-0.05, 0) is 30.5 Å². The SMILES string of the molecule is Cc1cccc(C)c1NC(=O)[C@H](c1ccccc1)N1CCC2(CC1)OCCO2. The average molecular weight is 380 g/mol. The second kappa shape index (κ2) is 8.03. The number of hydrogen-bond acceptors (Lipinski definition) is 4. The summed E-state index contributed by atoms with van der Waals surface area (Å²) in [6.07, 6.45) is 1.57. The molecule has 5 nitrogen and oxygen atoms in total. The predicted molar refractivity (Wildman–Crippen MR) is 109 cm³/mol. The molecule has 2 aliphatic rings. The Hall–Kier alpha value is -2.21. The van der Waals surface area contributed by atoms with Crippen LogP contribution < -0.4 is 5.32 Å². The van der Waals surface area contributed by atoms with Crippen molar-refractivity contribution in [3.8, 4) is 0 Å². The minimum Gasteiger partial charge on any atom is -0.347 e. The van der Waals surface area contributed by atoms with Gasteiger partial charge in [-0.3, -0.25) is 9.69 Å². The van der Waals surface area contributed by atoms with Crippen molar-refractivity contribution in [2.45, 2.75) is 38.5 Å². The van der Waals surface area contributed by atoms with Crippen LogP contribution in [0.2, 0.25) is 0 Å². The van der Waals surface area contributed by atoms with Crippen molar-refractivity contribution < 1.29 is 14.3 Å². The summed E-state index contributed by atoms with van der Waals surface area (Å²) in [5.41, 5.74) is 4.07. The molecule has 28 heavy (non-hydrogen) atoms. The molecular formula is C23H28N2O3. The van der Waals surface area contributed by atoms with Gasteiger partial charge >= 0.3 is 0 Å². The molecule has 5 heteroatoms. The van der Waals surface area contributed by atoms with Gasteiger partial charge in [-0.2, -0.15) is 0 Å². The van der Waals surface area contributed by atoms with Crippen molar-refractivity contribution in [2.75, 3.05) is 31.6 Å². The lowest BCUT2D eigenvalue weighted by atomic mass is 9.97. The molecular weight excluding hydrogens is 352 g/mol. The van der Waals surface area contributed by atoms with Gasteiger partial charge in [0.2, 0.25) is 5.91 Å². The highest BCUT2D eigenvalue weighted by molar-refractivity contribution is 5.96. The first-order valence-corrected chi connectivity index (χ1v) is 10.0. The summed E-state index contributed by atoms with van der Waals surface area (Å²) in [5.74, 6) is -0.436. The van der Waals surface area contributed by atoms with Crippen molar-refractivity contribution >= 4 is 11.6 Å². The first-order valence-electron chi connectivity index (χ1n) is 10.0. The lowest BCUT2D eigenvalue weighted by Gasteiger charge is -2.40. The third-order valence-electron chi connectivity index (χ3n) is 5.83. The second-order valence-electron chi connectivity index (χ2n) is 7.71. The number of benzene rings is 2. The molecule has 0 aliphatic carbocycles. The number of nitrogens with zero attached hydrogens (tertiary/aromatic N) is 1. The van der Waals surface area contributed by atoms with E-state index in [1.807, 2.05) is 62.4 Å². The maximum atomic E-state index is 13.4. The van der Waals surface area contributed by atoms with Crippen molar-refractivity contribution in [1.29, 1.82) is 0 Å². The molecule has 1 spiro atoms. The Balaban J connectivity index is 1.57. The Morgan fingerprint density at radius 1 is 0.964 bits per heavy atom. The van der Waals surface area contributed by atoms with Crippen LogP contribution in [-0.4, -0.2) is 42.9 Å². The standard InChI is InChI=1S/C23H28N2O3/c1-17-7-6-8-18(2)20(17)24-22(26)21(19-9-4-3-5-10-19)25-13-11-23(12-14-25)27-15-16-28-23/h3-10,21H,11-16H2,1-2H3,(H,24,26)/t21-/m0/s1. The van der Waals surface area contributed by atoms with Gasteiger partial charge in [0.15, 0.2) is 5.79 Å². The van der Waals surface area contributed by atoms with Gasteiger partial charge in [0.25, 0.3) is 0 Å². The zero-order valence-corrected chi connectivity index (χ0v) is 16.6. The Morgan fingerprint density at radius 2 is 1.57 bits per heavy atom. The van der Waals surface area contributed by atoms with Crippen molar-refractivity contribution in [2.24, 2.45) is 0 Å². The van der Waals surface area contributed by atoms with E-state index in [1.54, 1.807) is 0 Å². The summed E-state index contributed by atoms with van der Waals surface area (Å²) in [4.78, 5) is 15.7. The number of amides is 1. The van der Waals surface area contributed by atoms with Crippen LogP contribution in [0.4, 0.5) is 5.69 Å². The van der Waals surface area contributed by atoms with Gasteiger partial charge in [0.1, 0.15) is 6.04 Å². The minimum atomic E-state index is -0.444. The van der Waals surface area contributed by atoms with E-state index in [0.717, 1.165) is 48.3 Å². The molecule has 2 fully saturated rings. The fourth-order valence-electron chi connectivity index (χ4n) is 4.28. The number of ether oxygens (including phenoxy) is 2. The first kappa shape index (κ1) is 19.1. The highest BCUT2D eigenvalue weighted by Crippen LogP contribution is 2.35. The fraction of sp³-hybridized carbons (Fsp3) is 0.435. The molecule has 0 unspecified atom stereocenters. The number of carbonyl (C=O) groups excluding carboxylic acids is 1. The Morgan fingerprint density at radius 3 is 2.18 bits per heavy atom. The summed E-state index contributed by atoms with van der Waals surface area (Å²) in [6.45, 7) is 6.91. The summed E-state index contributed by atoms with van der Waals surface area (Å²) in [6, 6.07) is 15.8. The Kier molecular flexibility index (Phi) is 5.49. The number of likely N-dealkylation sites (tertiary alicyclic amines) is 1. The molecule has 2 aromatic rings. The quantitative estimate of drug-likeness (QED) is 0.876. The zero-order valence-electron chi connectivity index (χ0n) is 16.6. The number of hydrogen-bond donors (Lipinski definition) is 1. The number of carbonyl (C=O) groups is 1. The molecule has 2 aromatic carbocycles.